The predicted octanol–water partition coefficient (Wildman–Crippen LogP) is 7.59. The first-order chi connectivity index (χ1) is 16.0. The van der Waals surface area contributed by atoms with E-state index in [4.69, 9.17) is 11.6 Å². The number of nitrogens with one attached hydrogen (secondary N) is 1. The summed E-state index contributed by atoms with van der Waals surface area (Å²) in [6.45, 7) is 2.11. The highest BCUT2D eigenvalue weighted by atomic mass is 35.5. The van der Waals surface area contributed by atoms with Crippen LogP contribution in [0.1, 0.15) is 27.7 Å². The summed E-state index contributed by atoms with van der Waals surface area (Å²) in [6, 6.07) is 26.6. The standard InChI is InChI=1S/C27H22ClNO2S2/c1-2-32-20-14-12-18(13-15-20)16-24(30)29-25-17-22(19-8-4-3-5-9-19)27(33-25)26(31)21-10-6-7-11-23(21)28/h3-15,17H,2,16H2,1H3,(H,29,30). The first kappa shape index (κ1) is 23.3. The molecule has 0 aliphatic heterocycles. The molecule has 1 aromatic heterocycles. The topological polar surface area (TPSA) is 46.2 Å². The normalized spacial score (nSPS) is 10.7. The monoisotopic (exact) mass is 491 g/mol. The summed E-state index contributed by atoms with van der Waals surface area (Å²) in [5.74, 6) is 0.731. The fraction of sp³-hybridized carbons (Fsp3) is 0.111. The van der Waals surface area contributed by atoms with Gasteiger partial charge in [0.2, 0.25) is 11.7 Å². The second-order valence-electron chi connectivity index (χ2n) is 7.33. The Kier molecular flexibility index (Phi) is 7.65. The van der Waals surface area contributed by atoms with Gasteiger partial charge < -0.3 is 5.32 Å². The summed E-state index contributed by atoms with van der Waals surface area (Å²) in [7, 11) is 0. The van der Waals surface area contributed by atoms with Crippen LogP contribution >= 0.6 is 34.7 Å². The molecule has 0 fully saturated rings. The first-order valence-corrected chi connectivity index (χ1v) is 12.7. The number of carbonyl (C=O) groups excluding carboxylic acids is 2. The number of amides is 1. The van der Waals surface area contributed by atoms with Crippen molar-refractivity contribution in [3.8, 4) is 11.1 Å². The lowest BCUT2D eigenvalue weighted by Crippen LogP contribution is -2.13. The second-order valence-corrected chi connectivity index (χ2v) is 10.1. The number of hydrogen-bond acceptors (Lipinski definition) is 4. The average molecular weight is 492 g/mol. The molecule has 3 nitrogen and oxygen atoms in total. The van der Waals surface area contributed by atoms with Crippen molar-refractivity contribution in [2.75, 3.05) is 11.1 Å². The molecule has 6 heteroatoms. The Labute approximate surface area is 206 Å². The van der Waals surface area contributed by atoms with Gasteiger partial charge in [0.1, 0.15) is 0 Å². The molecule has 1 heterocycles. The molecule has 1 N–H and O–H groups in total. The number of ketones is 1. The van der Waals surface area contributed by atoms with Gasteiger partial charge in [-0.15, -0.1) is 23.1 Å². The van der Waals surface area contributed by atoms with Gasteiger partial charge in [-0.3, -0.25) is 9.59 Å². The minimum absolute atomic E-state index is 0.122. The number of hydrogen-bond donors (Lipinski definition) is 1. The number of carbonyl (C=O) groups is 2. The molecule has 0 saturated heterocycles. The Morgan fingerprint density at radius 1 is 0.939 bits per heavy atom. The highest BCUT2D eigenvalue weighted by molar-refractivity contribution is 7.99. The highest BCUT2D eigenvalue weighted by Gasteiger charge is 2.21. The van der Waals surface area contributed by atoms with Crippen LogP contribution in [-0.2, 0) is 11.2 Å². The first-order valence-electron chi connectivity index (χ1n) is 10.5. The molecule has 166 valence electrons. The van der Waals surface area contributed by atoms with E-state index >= 15 is 0 Å². The predicted molar refractivity (Wildman–Crippen MR) is 140 cm³/mol. The highest BCUT2D eigenvalue weighted by Crippen LogP contribution is 2.37. The molecular formula is C27H22ClNO2S2. The smallest absolute Gasteiger partial charge is 0.229 e. The van der Waals surface area contributed by atoms with E-state index in [1.54, 1.807) is 36.0 Å². The van der Waals surface area contributed by atoms with E-state index in [1.165, 1.54) is 16.2 Å². The molecule has 0 saturated carbocycles. The van der Waals surface area contributed by atoms with Crippen molar-refractivity contribution in [1.29, 1.82) is 0 Å². The van der Waals surface area contributed by atoms with Crippen molar-refractivity contribution in [1.82, 2.24) is 0 Å². The Morgan fingerprint density at radius 3 is 2.33 bits per heavy atom. The molecule has 0 aliphatic carbocycles. The van der Waals surface area contributed by atoms with E-state index in [0.717, 1.165) is 22.4 Å². The van der Waals surface area contributed by atoms with Gasteiger partial charge in [0.05, 0.1) is 21.3 Å². The molecule has 4 aromatic rings. The maximum absolute atomic E-state index is 13.3. The lowest BCUT2D eigenvalue weighted by Gasteiger charge is -2.05. The molecule has 0 spiro atoms. The Hall–Kier alpha value is -2.86. The summed E-state index contributed by atoms with van der Waals surface area (Å²) in [5.41, 5.74) is 3.08. The van der Waals surface area contributed by atoms with Gasteiger partial charge in [0.15, 0.2) is 0 Å². The van der Waals surface area contributed by atoms with E-state index < -0.39 is 0 Å². The molecule has 0 aliphatic rings. The zero-order chi connectivity index (χ0) is 23.2. The van der Waals surface area contributed by atoms with Crippen molar-refractivity contribution in [3.63, 3.8) is 0 Å². The van der Waals surface area contributed by atoms with Gasteiger partial charge in [-0.1, -0.05) is 73.1 Å². The van der Waals surface area contributed by atoms with Gasteiger partial charge in [-0.2, -0.15) is 0 Å². The number of benzene rings is 3. The Balaban J connectivity index is 1.59. The van der Waals surface area contributed by atoms with Crippen molar-refractivity contribution >= 4 is 51.4 Å². The lowest BCUT2D eigenvalue weighted by molar-refractivity contribution is -0.115. The fourth-order valence-corrected chi connectivity index (χ4v) is 5.39. The zero-order valence-electron chi connectivity index (χ0n) is 18.0. The van der Waals surface area contributed by atoms with Crippen molar-refractivity contribution in [3.05, 3.63) is 106 Å². The number of halogens is 1. The van der Waals surface area contributed by atoms with Crippen LogP contribution in [0.4, 0.5) is 5.00 Å². The minimum Gasteiger partial charge on any atom is -0.317 e. The maximum atomic E-state index is 13.3. The SMILES string of the molecule is CCSc1ccc(CC(=O)Nc2cc(-c3ccccc3)c(C(=O)c3ccccc3Cl)s2)cc1. The van der Waals surface area contributed by atoms with E-state index in [1.807, 2.05) is 60.7 Å². The zero-order valence-corrected chi connectivity index (χ0v) is 20.4. The van der Waals surface area contributed by atoms with Crippen LogP contribution in [0.15, 0.2) is 89.8 Å². The van der Waals surface area contributed by atoms with Crippen LogP contribution in [0.5, 0.6) is 0 Å². The van der Waals surface area contributed by atoms with Crippen molar-refractivity contribution in [2.24, 2.45) is 0 Å². The molecule has 0 atom stereocenters. The van der Waals surface area contributed by atoms with Crippen molar-refractivity contribution in [2.45, 2.75) is 18.2 Å². The molecule has 33 heavy (non-hydrogen) atoms. The van der Waals surface area contributed by atoms with Gasteiger partial charge in [-0.05, 0) is 47.2 Å². The number of rotatable bonds is 8. The molecular weight excluding hydrogens is 470 g/mol. The second kappa shape index (κ2) is 10.8. The third-order valence-corrected chi connectivity index (χ3v) is 7.28. The van der Waals surface area contributed by atoms with E-state index in [2.05, 4.69) is 12.2 Å². The quantitative estimate of drug-likeness (QED) is 0.204. The lowest BCUT2D eigenvalue weighted by atomic mass is 10.0. The summed E-state index contributed by atoms with van der Waals surface area (Å²) in [4.78, 5) is 27.8. The van der Waals surface area contributed by atoms with E-state index in [-0.39, 0.29) is 18.1 Å². The van der Waals surface area contributed by atoms with Crippen LogP contribution in [-0.4, -0.2) is 17.4 Å². The van der Waals surface area contributed by atoms with Gasteiger partial charge in [0.25, 0.3) is 0 Å². The summed E-state index contributed by atoms with van der Waals surface area (Å²) in [6.07, 6.45) is 0.267. The third-order valence-electron chi connectivity index (χ3n) is 5.00. The largest absolute Gasteiger partial charge is 0.317 e. The molecule has 4 rings (SSSR count). The minimum atomic E-state index is -0.158. The summed E-state index contributed by atoms with van der Waals surface area (Å²) < 4.78 is 0. The summed E-state index contributed by atoms with van der Waals surface area (Å²) in [5, 5.41) is 4.01. The Bertz CT molecular complexity index is 1270. The van der Waals surface area contributed by atoms with Gasteiger partial charge in [-0.25, -0.2) is 0 Å². The van der Waals surface area contributed by atoms with Gasteiger partial charge in [0, 0.05) is 16.0 Å². The van der Waals surface area contributed by atoms with Crippen molar-refractivity contribution < 1.29 is 9.59 Å². The third kappa shape index (κ3) is 5.74. The number of anilines is 1. The van der Waals surface area contributed by atoms with Crippen LogP contribution in [0.25, 0.3) is 11.1 Å². The number of thioether (sulfide) groups is 1. The molecule has 1 amide bonds. The van der Waals surface area contributed by atoms with E-state index in [0.29, 0.717) is 20.5 Å². The van der Waals surface area contributed by atoms with Gasteiger partial charge >= 0.3 is 0 Å². The average Bonchev–Trinajstić information content (AvgIpc) is 3.24. The molecule has 3 aromatic carbocycles. The molecule has 0 bridgehead atoms. The van der Waals surface area contributed by atoms with Crippen LogP contribution in [0.3, 0.4) is 0 Å². The van der Waals surface area contributed by atoms with E-state index in [9.17, 15) is 9.59 Å². The van der Waals surface area contributed by atoms with Crippen LogP contribution < -0.4 is 5.32 Å². The number of thiophene rings is 1. The Morgan fingerprint density at radius 2 is 1.64 bits per heavy atom. The van der Waals surface area contributed by atoms with Crippen LogP contribution in [0.2, 0.25) is 5.02 Å². The molecule has 0 radical (unpaired) electrons. The molecule has 0 unspecified atom stereocenters. The maximum Gasteiger partial charge on any atom is 0.229 e. The van der Waals surface area contributed by atoms with Crippen LogP contribution in [0, 0.1) is 0 Å². The summed E-state index contributed by atoms with van der Waals surface area (Å²) >= 11 is 9.33. The fourth-order valence-electron chi connectivity index (χ4n) is 3.46.